The number of amides is 1. The highest BCUT2D eigenvalue weighted by molar-refractivity contribution is 6.06. The van der Waals surface area contributed by atoms with E-state index in [9.17, 15) is 9.90 Å². The molecule has 0 aromatic heterocycles. The fourth-order valence-electron chi connectivity index (χ4n) is 4.83. The van der Waals surface area contributed by atoms with Crippen molar-refractivity contribution >= 4 is 11.6 Å². The van der Waals surface area contributed by atoms with Gasteiger partial charge < -0.3 is 10.4 Å². The minimum Gasteiger partial charge on any atom is -0.508 e. The van der Waals surface area contributed by atoms with Crippen molar-refractivity contribution in [3.63, 3.8) is 0 Å². The van der Waals surface area contributed by atoms with Gasteiger partial charge in [0.25, 0.3) is 5.91 Å². The smallest absolute Gasteiger partial charge is 0.251 e. The van der Waals surface area contributed by atoms with Gasteiger partial charge in [0, 0.05) is 6.42 Å². The second-order valence-corrected chi connectivity index (χ2v) is 8.57. The van der Waals surface area contributed by atoms with Crippen molar-refractivity contribution in [1.29, 1.82) is 0 Å². The summed E-state index contributed by atoms with van der Waals surface area (Å²) in [6.07, 6.45) is 6.63. The molecule has 0 bridgehead atoms. The predicted octanol–water partition coefficient (Wildman–Crippen LogP) is 3.99. The topological polar surface area (TPSA) is 64.9 Å². The summed E-state index contributed by atoms with van der Waals surface area (Å²) in [7, 11) is 0. The molecule has 2 N–H and O–H groups in total. The van der Waals surface area contributed by atoms with Gasteiger partial charge in [0.2, 0.25) is 0 Å². The zero-order valence-electron chi connectivity index (χ0n) is 17.1. The molecule has 5 rings (SSSR count). The van der Waals surface area contributed by atoms with E-state index in [1.54, 1.807) is 12.1 Å². The van der Waals surface area contributed by atoms with Gasteiger partial charge in [-0.1, -0.05) is 56.0 Å². The minimum absolute atomic E-state index is 0.115. The van der Waals surface area contributed by atoms with E-state index in [-0.39, 0.29) is 17.7 Å². The van der Waals surface area contributed by atoms with E-state index in [4.69, 9.17) is 4.99 Å². The molecule has 1 amide bonds. The maximum Gasteiger partial charge on any atom is 0.251 e. The van der Waals surface area contributed by atoms with E-state index in [1.807, 2.05) is 35.2 Å². The first-order valence-electron chi connectivity index (χ1n) is 10.9. The maximum absolute atomic E-state index is 13.3. The lowest BCUT2D eigenvalue weighted by molar-refractivity contribution is -0.127. The summed E-state index contributed by atoms with van der Waals surface area (Å²) in [5.41, 5.74) is 4.00. The molecular formula is C25H27N3O2. The Hall–Kier alpha value is -3.08. The van der Waals surface area contributed by atoms with Crippen molar-refractivity contribution in [2.45, 2.75) is 44.6 Å². The van der Waals surface area contributed by atoms with Gasteiger partial charge in [-0.05, 0) is 47.7 Å². The summed E-state index contributed by atoms with van der Waals surface area (Å²) in [6, 6.07) is 17.0. The summed E-state index contributed by atoms with van der Waals surface area (Å²) >= 11 is 0. The average molecular weight is 402 g/mol. The lowest BCUT2D eigenvalue weighted by atomic mass is 10.00. The van der Waals surface area contributed by atoms with Gasteiger partial charge in [0.1, 0.15) is 17.6 Å². The van der Waals surface area contributed by atoms with E-state index in [0.717, 1.165) is 34.8 Å². The summed E-state index contributed by atoms with van der Waals surface area (Å²) < 4.78 is 0. The zero-order valence-corrected chi connectivity index (χ0v) is 17.1. The second kappa shape index (κ2) is 7.98. The third-order valence-electron chi connectivity index (χ3n) is 6.44. The molecule has 1 saturated carbocycles. The Morgan fingerprint density at radius 1 is 1.00 bits per heavy atom. The predicted molar refractivity (Wildman–Crippen MR) is 117 cm³/mol. The number of aliphatic imine (C=N–C) groups is 1. The van der Waals surface area contributed by atoms with Crippen LogP contribution in [0.1, 0.15) is 43.2 Å². The molecule has 0 spiro atoms. The Morgan fingerprint density at radius 2 is 1.73 bits per heavy atom. The van der Waals surface area contributed by atoms with Crippen LogP contribution in [0.3, 0.4) is 0 Å². The fraction of sp³-hybridized carbons (Fsp3) is 0.360. The van der Waals surface area contributed by atoms with Crippen LogP contribution in [0, 0.1) is 5.92 Å². The van der Waals surface area contributed by atoms with E-state index >= 15 is 0 Å². The van der Waals surface area contributed by atoms with Gasteiger partial charge >= 0.3 is 0 Å². The number of allylic oxidation sites excluding steroid dienone is 1. The Morgan fingerprint density at radius 3 is 2.47 bits per heavy atom. The normalized spacial score (nSPS) is 21.6. The molecule has 0 radical (unpaired) electrons. The quantitative estimate of drug-likeness (QED) is 0.796. The molecule has 2 aliphatic heterocycles. The Labute approximate surface area is 177 Å². The van der Waals surface area contributed by atoms with Crippen molar-refractivity contribution in [2.75, 3.05) is 6.54 Å². The number of phenols is 1. The van der Waals surface area contributed by atoms with Crippen LogP contribution in [0.2, 0.25) is 0 Å². The first kappa shape index (κ1) is 18.9. The summed E-state index contributed by atoms with van der Waals surface area (Å²) in [5.74, 6) is 1.89. The molecule has 1 aliphatic carbocycles. The molecule has 2 aromatic carbocycles. The maximum atomic E-state index is 13.3. The Bertz CT molecular complexity index is 989. The van der Waals surface area contributed by atoms with Gasteiger partial charge in [-0.3, -0.25) is 14.7 Å². The van der Waals surface area contributed by atoms with E-state index in [1.165, 1.54) is 25.7 Å². The number of fused-ring (bicyclic) bond motifs is 1. The summed E-state index contributed by atoms with van der Waals surface area (Å²) in [4.78, 5) is 20.2. The van der Waals surface area contributed by atoms with Crippen molar-refractivity contribution in [1.82, 2.24) is 10.2 Å². The number of benzene rings is 2. The number of hydrogen-bond acceptors (Lipinski definition) is 4. The minimum atomic E-state index is -0.254. The van der Waals surface area contributed by atoms with E-state index < -0.39 is 0 Å². The zero-order chi connectivity index (χ0) is 20.5. The number of hydrogen-bond donors (Lipinski definition) is 2. The number of phenolic OH excluding ortho intramolecular Hbond substituents is 1. The molecule has 1 saturated heterocycles. The highest BCUT2D eigenvalue weighted by atomic mass is 16.3. The number of rotatable bonds is 5. The monoisotopic (exact) mass is 401 g/mol. The van der Waals surface area contributed by atoms with Crippen LogP contribution in [-0.4, -0.2) is 34.2 Å². The van der Waals surface area contributed by atoms with Crippen molar-refractivity contribution in [3.8, 4) is 5.75 Å². The largest absolute Gasteiger partial charge is 0.508 e. The molecular weight excluding hydrogens is 374 g/mol. The highest BCUT2D eigenvalue weighted by Gasteiger charge is 2.40. The van der Waals surface area contributed by atoms with Crippen molar-refractivity contribution in [2.24, 2.45) is 10.9 Å². The molecule has 154 valence electrons. The number of carbonyl (C=O) groups excluding carboxylic acids is 1. The highest BCUT2D eigenvalue weighted by Crippen LogP contribution is 2.35. The van der Waals surface area contributed by atoms with Crippen LogP contribution in [0.15, 0.2) is 71.1 Å². The molecule has 2 fully saturated rings. The first-order chi connectivity index (χ1) is 14.7. The Kier molecular flexibility index (Phi) is 5.03. The lowest BCUT2D eigenvalue weighted by Gasteiger charge is -2.26. The van der Waals surface area contributed by atoms with Crippen molar-refractivity contribution < 1.29 is 9.90 Å². The van der Waals surface area contributed by atoms with E-state index in [0.29, 0.717) is 18.9 Å². The third kappa shape index (κ3) is 3.72. The molecule has 1 atom stereocenters. The van der Waals surface area contributed by atoms with Gasteiger partial charge in [-0.15, -0.1) is 0 Å². The Balaban J connectivity index is 1.45. The summed E-state index contributed by atoms with van der Waals surface area (Å²) in [5, 5.41) is 13.1. The van der Waals surface area contributed by atoms with Gasteiger partial charge in [0.15, 0.2) is 0 Å². The number of nitrogens with one attached hydrogen (secondary N) is 1. The van der Waals surface area contributed by atoms with Crippen LogP contribution < -0.4 is 5.32 Å². The first-order valence-corrected chi connectivity index (χ1v) is 10.9. The molecule has 2 aromatic rings. The molecule has 30 heavy (non-hydrogen) atoms. The molecule has 5 heteroatoms. The average Bonchev–Trinajstić information content (AvgIpc) is 3.38. The van der Waals surface area contributed by atoms with Crippen LogP contribution >= 0.6 is 0 Å². The fourth-order valence-corrected chi connectivity index (χ4v) is 4.83. The SMILES string of the molecule is O=C1C(Cc2ccccc2)NC2=C(CC3CCCC3)N=C(c3ccc(O)cc3)CN12. The number of aromatic hydroxyl groups is 1. The third-order valence-corrected chi connectivity index (χ3v) is 6.44. The number of nitrogens with zero attached hydrogens (tertiary/aromatic N) is 2. The van der Waals surface area contributed by atoms with Gasteiger partial charge in [-0.2, -0.15) is 0 Å². The van der Waals surface area contributed by atoms with Crippen LogP contribution in [0.5, 0.6) is 5.75 Å². The van der Waals surface area contributed by atoms with Gasteiger partial charge in [-0.25, -0.2) is 0 Å². The molecule has 2 heterocycles. The second-order valence-electron chi connectivity index (χ2n) is 8.57. The van der Waals surface area contributed by atoms with E-state index in [2.05, 4.69) is 17.4 Å². The molecule has 3 aliphatic rings. The van der Waals surface area contributed by atoms with Gasteiger partial charge in [0.05, 0.1) is 18.0 Å². The van der Waals surface area contributed by atoms with Crippen molar-refractivity contribution in [3.05, 3.63) is 77.2 Å². The standard InChI is InChI=1S/C25H27N3O2/c29-20-12-10-19(11-13-20)23-16-28-24(21(26-23)14-17-8-4-5-9-17)27-22(25(28)30)15-18-6-2-1-3-7-18/h1-3,6-7,10-13,17,22,27,29H,4-5,8-9,14-16H2. The van der Waals surface area contributed by atoms with Crippen LogP contribution in [0.25, 0.3) is 0 Å². The molecule has 5 nitrogen and oxygen atoms in total. The summed E-state index contributed by atoms with van der Waals surface area (Å²) in [6.45, 7) is 0.464. The van der Waals surface area contributed by atoms with Crippen LogP contribution in [-0.2, 0) is 11.2 Å². The number of carbonyl (C=O) groups is 1. The van der Waals surface area contributed by atoms with Crippen LogP contribution in [0.4, 0.5) is 0 Å². The molecule has 1 unspecified atom stereocenters. The lowest BCUT2D eigenvalue weighted by Crippen LogP contribution is -2.36.